The van der Waals surface area contributed by atoms with Gasteiger partial charge in [0.1, 0.15) is 16.2 Å². The number of rotatable bonds is 5. The van der Waals surface area contributed by atoms with E-state index in [2.05, 4.69) is 39.4 Å². The van der Waals surface area contributed by atoms with Crippen molar-refractivity contribution in [3.8, 4) is 0 Å². The number of pyridine rings is 1. The number of aryl methyl sites for hydroxylation is 2. The second-order valence-corrected chi connectivity index (χ2v) is 9.50. The fourth-order valence-electron chi connectivity index (χ4n) is 3.61. The smallest absolute Gasteiger partial charge is 0.126 e. The van der Waals surface area contributed by atoms with E-state index in [1.165, 1.54) is 46.2 Å². The van der Waals surface area contributed by atoms with Gasteiger partial charge in [0.2, 0.25) is 0 Å². The lowest BCUT2D eigenvalue weighted by molar-refractivity contribution is 0.675. The van der Waals surface area contributed by atoms with Crippen LogP contribution in [0.3, 0.4) is 0 Å². The van der Waals surface area contributed by atoms with E-state index in [1.807, 2.05) is 0 Å². The summed E-state index contributed by atoms with van der Waals surface area (Å²) < 4.78 is 2.15. The maximum atomic E-state index is 5.07. The minimum Gasteiger partial charge on any atom is -0.242 e. The Morgan fingerprint density at radius 3 is 2.84 bits per heavy atom. The van der Waals surface area contributed by atoms with Crippen molar-refractivity contribution < 1.29 is 0 Å². The van der Waals surface area contributed by atoms with Crippen molar-refractivity contribution in [3.63, 3.8) is 0 Å². The zero-order valence-electron chi connectivity index (χ0n) is 14.3. The van der Waals surface area contributed by atoms with E-state index in [4.69, 9.17) is 4.98 Å². The molecule has 4 rings (SSSR count). The molecule has 0 N–H and O–H groups in total. The standard InChI is InChI=1S/C19H20BrN3S2/c1-3-6-14-12-7-4-5-8-13(12)15-16-17(25-18(15)23-14)19(22-10-21-16)24-9-11(2)20/h10H,2-9H2,1H3. The lowest BCUT2D eigenvalue weighted by atomic mass is 9.88. The first-order valence-electron chi connectivity index (χ1n) is 8.73. The van der Waals surface area contributed by atoms with E-state index in [-0.39, 0.29) is 0 Å². The van der Waals surface area contributed by atoms with Gasteiger partial charge in [-0.3, -0.25) is 0 Å². The molecule has 3 aromatic heterocycles. The molecule has 3 nitrogen and oxygen atoms in total. The Labute approximate surface area is 164 Å². The molecule has 0 fully saturated rings. The second-order valence-electron chi connectivity index (χ2n) is 6.42. The van der Waals surface area contributed by atoms with Crippen LogP contribution in [0.1, 0.15) is 43.0 Å². The third kappa shape index (κ3) is 3.24. The van der Waals surface area contributed by atoms with Crippen LogP contribution in [0, 0.1) is 0 Å². The number of aromatic nitrogens is 3. The zero-order valence-corrected chi connectivity index (χ0v) is 17.5. The van der Waals surface area contributed by atoms with Crippen molar-refractivity contribution in [2.45, 2.75) is 50.5 Å². The monoisotopic (exact) mass is 433 g/mol. The number of nitrogens with zero attached hydrogens (tertiary/aromatic N) is 3. The zero-order chi connectivity index (χ0) is 17.4. The molecule has 25 heavy (non-hydrogen) atoms. The van der Waals surface area contributed by atoms with Crippen LogP contribution >= 0.6 is 39.0 Å². The van der Waals surface area contributed by atoms with E-state index in [0.717, 1.165) is 44.9 Å². The molecule has 3 aromatic rings. The summed E-state index contributed by atoms with van der Waals surface area (Å²) in [5, 5.41) is 2.33. The molecule has 1 aliphatic carbocycles. The van der Waals surface area contributed by atoms with Gasteiger partial charge in [-0.05, 0) is 47.7 Å². The van der Waals surface area contributed by atoms with Gasteiger partial charge in [-0.15, -0.1) is 11.3 Å². The van der Waals surface area contributed by atoms with Crippen LogP contribution in [0.2, 0.25) is 0 Å². The Morgan fingerprint density at radius 2 is 2.08 bits per heavy atom. The fourth-order valence-corrected chi connectivity index (χ4v) is 5.96. The number of halogens is 1. The van der Waals surface area contributed by atoms with Crippen LogP contribution in [0.5, 0.6) is 0 Å². The van der Waals surface area contributed by atoms with Crippen LogP contribution in [-0.2, 0) is 19.3 Å². The summed E-state index contributed by atoms with van der Waals surface area (Å²) in [6.07, 6.45) is 8.78. The maximum Gasteiger partial charge on any atom is 0.126 e. The first-order valence-corrected chi connectivity index (χ1v) is 11.3. The van der Waals surface area contributed by atoms with Crippen LogP contribution < -0.4 is 0 Å². The van der Waals surface area contributed by atoms with Crippen LogP contribution in [0.15, 0.2) is 22.4 Å². The average molecular weight is 434 g/mol. The molecule has 0 unspecified atom stereocenters. The van der Waals surface area contributed by atoms with Gasteiger partial charge in [-0.2, -0.15) is 0 Å². The number of hydrogen-bond donors (Lipinski definition) is 0. The lowest BCUT2D eigenvalue weighted by Crippen LogP contribution is -2.09. The molecule has 0 aliphatic heterocycles. The fraction of sp³-hybridized carbons (Fsp3) is 0.421. The van der Waals surface area contributed by atoms with E-state index < -0.39 is 0 Å². The van der Waals surface area contributed by atoms with E-state index in [1.54, 1.807) is 29.4 Å². The lowest BCUT2D eigenvalue weighted by Gasteiger charge is -2.19. The van der Waals surface area contributed by atoms with E-state index in [0.29, 0.717) is 0 Å². The molecule has 0 aromatic carbocycles. The molecule has 0 bridgehead atoms. The highest BCUT2D eigenvalue weighted by Crippen LogP contribution is 2.41. The molecular formula is C19H20BrN3S2. The van der Waals surface area contributed by atoms with Gasteiger partial charge in [0, 0.05) is 16.8 Å². The minimum absolute atomic E-state index is 0.812. The highest BCUT2D eigenvalue weighted by Gasteiger charge is 2.22. The molecule has 3 heterocycles. The topological polar surface area (TPSA) is 38.7 Å². The molecule has 1 aliphatic rings. The summed E-state index contributed by atoms with van der Waals surface area (Å²) in [5.74, 6) is 0.812. The van der Waals surface area contributed by atoms with E-state index in [9.17, 15) is 0 Å². The molecule has 0 saturated carbocycles. The highest BCUT2D eigenvalue weighted by atomic mass is 79.9. The van der Waals surface area contributed by atoms with Crippen molar-refractivity contribution in [1.29, 1.82) is 0 Å². The van der Waals surface area contributed by atoms with Crippen molar-refractivity contribution in [2.24, 2.45) is 0 Å². The molecule has 0 spiro atoms. The van der Waals surface area contributed by atoms with Crippen molar-refractivity contribution in [1.82, 2.24) is 15.0 Å². The van der Waals surface area contributed by atoms with Gasteiger partial charge >= 0.3 is 0 Å². The maximum absolute atomic E-state index is 5.07. The van der Waals surface area contributed by atoms with Crippen molar-refractivity contribution >= 4 is 59.5 Å². The van der Waals surface area contributed by atoms with Gasteiger partial charge in [0.15, 0.2) is 0 Å². The number of fused-ring (bicyclic) bond motifs is 5. The molecule has 6 heteroatoms. The Bertz CT molecular complexity index is 964. The Kier molecular flexibility index (Phi) is 5.11. The van der Waals surface area contributed by atoms with Crippen LogP contribution in [0.25, 0.3) is 20.4 Å². The molecule has 0 radical (unpaired) electrons. The predicted octanol–water partition coefficient (Wildman–Crippen LogP) is 6.07. The molecule has 0 atom stereocenters. The molecule has 0 saturated heterocycles. The number of thiophene rings is 1. The number of hydrogen-bond acceptors (Lipinski definition) is 5. The summed E-state index contributed by atoms with van der Waals surface area (Å²) >= 11 is 6.90. The van der Waals surface area contributed by atoms with Gasteiger partial charge in [0.25, 0.3) is 0 Å². The molecular weight excluding hydrogens is 414 g/mol. The van der Waals surface area contributed by atoms with Crippen LogP contribution in [-0.4, -0.2) is 20.7 Å². The second kappa shape index (κ2) is 7.33. The summed E-state index contributed by atoms with van der Waals surface area (Å²) in [6.45, 7) is 6.16. The normalized spacial score (nSPS) is 14.2. The summed E-state index contributed by atoms with van der Waals surface area (Å²) in [5.41, 5.74) is 5.41. The van der Waals surface area contributed by atoms with E-state index >= 15 is 0 Å². The molecule has 130 valence electrons. The van der Waals surface area contributed by atoms with Crippen LogP contribution in [0.4, 0.5) is 0 Å². The van der Waals surface area contributed by atoms with Crippen molar-refractivity contribution in [2.75, 3.05) is 5.75 Å². The minimum atomic E-state index is 0.812. The average Bonchev–Trinajstić information content (AvgIpc) is 2.99. The summed E-state index contributed by atoms with van der Waals surface area (Å²) in [7, 11) is 0. The van der Waals surface area contributed by atoms with Gasteiger partial charge < -0.3 is 0 Å². The molecule has 0 amide bonds. The predicted molar refractivity (Wildman–Crippen MR) is 112 cm³/mol. The van der Waals surface area contributed by atoms with Gasteiger partial charge in [-0.25, -0.2) is 15.0 Å². The number of thioether (sulfide) groups is 1. The van der Waals surface area contributed by atoms with Gasteiger partial charge in [0.05, 0.1) is 10.2 Å². The summed E-state index contributed by atoms with van der Waals surface area (Å²) in [6, 6.07) is 0. The van der Waals surface area contributed by atoms with Crippen molar-refractivity contribution in [3.05, 3.63) is 34.2 Å². The Morgan fingerprint density at radius 1 is 1.28 bits per heavy atom. The SMILES string of the molecule is C=C(Br)CSc1ncnc2c1sc1nc(CCC)c3c(c12)CCCC3. The third-order valence-corrected chi connectivity index (χ3v) is 7.56. The summed E-state index contributed by atoms with van der Waals surface area (Å²) in [4.78, 5) is 15.4. The highest BCUT2D eigenvalue weighted by molar-refractivity contribution is 9.11. The quantitative estimate of drug-likeness (QED) is 0.361. The largest absolute Gasteiger partial charge is 0.242 e. The Hall–Kier alpha value is -0.980. The Balaban J connectivity index is 1.95. The van der Waals surface area contributed by atoms with Gasteiger partial charge in [-0.1, -0.05) is 47.6 Å². The third-order valence-electron chi connectivity index (χ3n) is 4.63. The first kappa shape index (κ1) is 17.4. The first-order chi connectivity index (χ1) is 12.2.